The third-order valence-electron chi connectivity index (χ3n) is 2.36. The number of benzene rings is 2. The van der Waals surface area contributed by atoms with E-state index in [0.29, 0.717) is 22.4 Å². The van der Waals surface area contributed by atoms with Crippen LogP contribution in [0.3, 0.4) is 0 Å². The van der Waals surface area contributed by atoms with Crippen molar-refractivity contribution in [3.8, 4) is 17.2 Å². The smallest absolute Gasteiger partial charge is 0.123 e. The highest BCUT2D eigenvalue weighted by Gasteiger charge is 2.06. The van der Waals surface area contributed by atoms with Crippen molar-refractivity contribution in [2.75, 3.05) is 5.73 Å². The summed E-state index contributed by atoms with van der Waals surface area (Å²) in [6, 6.07) is 13.3. The second kappa shape index (κ2) is 4.03. The number of nitriles is 1. The minimum atomic E-state index is -0.320. The topological polar surface area (TPSA) is 49.8 Å². The predicted molar refractivity (Wildman–Crippen MR) is 61.0 cm³/mol. The first kappa shape index (κ1) is 10.2. The number of anilines is 1. The number of hydrogen-bond acceptors (Lipinski definition) is 2. The number of nitrogens with two attached hydrogens (primary N) is 1. The van der Waals surface area contributed by atoms with Gasteiger partial charge in [-0.1, -0.05) is 24.3 Å². The Kier molecular flexibility index (Phi) is 2.57. The second-order valence-corrected chi connectivity index (χ2v) is 3.39. The largest absolute Gasteiger partial charge is 0.397 e. The van der Waals surface area contributed by atoms with E-state index in [4.69, 9.17) is 11.0 Å². The van der Waals surface area contributed by atoms with Gasteiger partial charge >= 0.3 is 0 Å². The van der Waals surface area contributed by atoms with Crippen LogP contribution >= 0.6 is 0 Å². The Hall–Kier alpha value is -2.34. The Morgan fingerprint density at radius 1 is 1.12 bits per heavy atom. The molecule has 0 heterocycles. The molecule has 2 rings (SSSR count). The molecule has 0 aliphatic heterocycles. The van der Waals surface area contributed by atoms with Crippen molar-refractivity contribution in [1.82, 2.24) is 0 Å². The van der Waals surface area contributed by atoms with Crippen molar-refractivity contribution >= 4 is 5.69 Å². The summed E-state index contributed by atoms with van der Waals surface area (Å²) in [6.07, 6.45) is 0. The molecule has 2 N–H and O–H groups in total. The Balaban J connectivity index is 2.62. The van der Waals surface area contributed by atoms with Crippen molar-refractivity contribution in [3.63, 3.8) is 0 Å². The third-order valence-corrected chi connectivity index (χ3v) is 2.36. The van der Waals surface area contributed by atoms with Gasteiger partial charge in [0, 0.05) is 5.56 Å². The average Bonchev–Trinajstić information content (AvgIpc) is 2.29. The molecule has 78 valence electrons. The molecule has 0 aliphatic rings. The van der Waals surface area contributed by atoms with Gasteiger partial charge in [0.25, 0.3) is 0 Å². The van der Waals surface area contributed by atoms with Gasteiger partial charge in [-0.15, -0.1) is 0 Å². The highest BCUT2D eigenvalue weighted by Crippen LogP contribution is 2.28. The van der Waals surface area contributed by atoms with Gasteiger partial charge in [0.05, 0.1) is 11.3 Å². The fourth-order valence-electron chi connectivity index (χ4n) is 1.57. The van der Waals surface area contributed by atoms with Gasteiger partial charge < -0.3 is 5.73 Å². The first-order valence-electron chi connectivity index (χ1n) is 4.77. The molecule has 3 heteroatoms. The van der Waals surface area contributed by atoms with Gasteiger partial charge in [-0.3, -0.25) is 0 Å². The highest BCUT2D eigenvalue weighted by atomic mass is 19.1. The molecule has 2 aromatic carbocycles. The zero-order valence-corrected chi connectivity index (χ0v) is 8.44. The minimum Gasteiger partial charge on any atom is -0.397 e. The zero-order chi connectivity index (χ0) is 11.5. The van der Waals surface area contributed by atoms with Crippen LogP contribution in [0.2, 0.25) is 0 Å². The van der Waals surface area contributed by atoms with E-state index in [9.17, 15) is 4.39 Å². The van der Waals surface area contributed by atoms with Crippen molar-refractivity contribution in [2.45, 2.75) is 0 Å². The summed E-state index contributed by atoms with van der Waals surface area (Å²) in [7, 11) is 0. The van der Waals surface area contributed by atoms with Crippen LogP contribution in [0.5, 0.6) is 0 Å². The minimum absolute atomic E-state index is 0.320. The quantitative estimate of drug-likeness (QED) is 0.739. The highest BCUT2D eigenvalue weighted by molar-refractivity contribution is 5.80. The van der Waals surface area contributed by atoms with Gasteiger partial charge in [-0.25, -0.2) is 4.39 Å². The molecule has 0 saturated carbocycles. The lowest BCUT2D eigenvalue weighted by Gasteiger charge is -2.06. The molecule has 0 radical (unpaired) electrons. The summed E-state index contributed by atoms with van der Waals surface area (Å²) in [5.74, 6) is -0.320. The van der Waals surface area contributed by atoms with Crippen molar-refractivity contribution in [3.05, 3.63) is 53.8 Å². The van der Waals surface area contributed by atoms with Crippen LogP contribution in [-0.2, 0) is 0 Å². The van der Waals surface area contributed by atoms with Crippen molar-refractivity contribution in [1.29, 1.82) is 5.26 Å². The Morgan fingerprint density at radius 2 is 1.88 bits per heavy atom. The molecule has 0 spiro atoms. The van der Waals surface area contributed by atoms with E-state index in [-0.39, 0.29) is 5.82 Å². The van der Waals surface area contributed by atoms with Gasteiger partial charge in [-0.2, -0.15) is 5.26 Å². The Morgan fingerprint density at radius 3 is 2.56 bits per heavy atom. The maximum absolute atomic E-state index is 13.1. The van der Waals surface area contributed by atoms with Gasteiger partial charge in [0.2, 0.25) is 0 Å². The van der Waals surface area contributed by atoms with E-state index < -0.39 is 0 Å². The summed E-state index contributed by atoms with van der Waals surface area (Å²) in [6.45, 7) is 0. The molecule has 0 fully saturated rings. The Labute approximate surface area is 92.8 Å². The number of halogens is 1. The van der Waals surface area contributed by atoms with Crippen LogP contribution in [0, 0.1) is 17.1 Å². The molecular formula is C13H9FN2. The summed E-state index contributed by atoms with van der Waals surface area (Å²) < 4.78 is 13.1. The maximum Gasteiger partial charge on any atom is 0.123 e. The summed E-state index contributed by atoms with van der Waals surface area (Å²) in [5, 5.41) is 8.84. The molecule has 16 heavy (non-hydrogen) atoms. The lowest BCUT2D eigenvalue weighted by molar-refractivity contribution is 0.628. The summed E-state index contributed by atoms with van der Waals surface area (Å²) in [4.78, 5) is 0. The van der Waals surface area contributed by atoms with Crippen LogP contribution in [0.1, 0.15) is 5.56 Å². The van der Waals surface area contributed by atoms with Gasteiger partial charge in [0.15, 0.2) is 0 Å². The predicted octanol–water partition coefficient (Wildman–Crippen LogP) is 2.95. The maximum atomic E-state index is 13.1. The lowest BCUT2D eigenvalue weighted by Crippen LogP contribution is -1.94. The lowest BCUT2D eigenvalue weighted by atomic mass is 10.0. The summed E-state index contributed by atoms with van der Waals surface area (Å²) in [5.41, 5.74) is 7.97. The molecule has 0 aliphatic carbocycles. The third kappa shape index (κ3) is 1.73. The van der Waals surface area contributed by atoms with E-state index in [0.717, 1.165) is 0 Å². The molecule has 2 aromatic rings. The number of para-hydroxylation sites is 1. The molecular weight excluding hydrogens is 203 g/mol. The van der Waals surface area contributed by atoms with Gasteiger partial charge in [-0.05, 0) is 23.8 Å². The monoisotopic (exact) mass is 212 g/mol. The summed E-state index contributed by atoms with van der Waals surface area (Å²) >= 11 is 0. The van der Waals surface area contributed by atoms with Crippen molar-refractivity contribution in [2.24, 2.45) is 0 Å². The van der Waals surface area contributed by atoms with E-state index in [2.05, 4.69) is 0 Å². The van der Waals surface area contributed by atoms with Crippen molar-refractivity contribution < 1.29 is 4.39 Å². The van der Waals surface area contributed by atoms with Gasteiger partial charge in [0.1, 0.15) is 11.9 Å². The van der Waals surface area contributed by atoms with Crippen LogP contribution in [0.25, 0.3) is 11.1 Å². The SMILES string of the molecule is N#Cc1cccc(-c2cccc(F)c2)c1N. The van der Waals surface area contributed by atoms with Crippen LogP contribution in [0.15, 0.2) is 42.5 Å². The Bertz CT molecular complexity index is 570. The second-order valence-electron chi connectivity index (χ2n) is 3.39. The molecule has 0 aromatic heterocycles. The first-order valence-corrected chi connectivity index (χ1v) is 4.77. The first-order chi connectivity index (χ1) is 7.72. The number of hydrogen-bond donors (Lipinski definition) is 1. The van der Waals surface area contributed by atoms with Crippen LogP contribution in [0.4, 0.5) is 10.1 Å². The van der Waals surface area contributed by atoms with E-state index in [1.54, 1.807) is 30.3 Å². The van der Waals surface area contributed by atoms with E-state index >= 15 is 0 Å². The number of nitrogens with zero attached hydrogens (tertiary/aromatic N) is 1. The van der Waals surface area contributed by atoms with E-state index in [1.165, 1.54) is 12.1 Å². The molecule has 0 bridgehead atoms. The number of rotatable bonds is 1. The molecule has 0 atom stereocenters. The fraction of sp³-hybridized carbons (Fsp3) is 0. The molecule has 0 unspecified atom stereocenters. The van der Waals surface area contributed by atoms with Crippen LogP contribution < -0.4 is 5.73 Å². The number of nitrogen functional groups attached to an aromatic ring is 1. The average molecular weight is 212 g/mol. The molecule has 2 nitrogen and oxygen atoms in total. The molecule has 0 saturated heterocycles. The molecule has 0 amide bonds. The van der Waals surface area contributed by atoms with Crippen LogP contribution in [-0.4, -0.2) is 0 Å². The zero-order valence-electron chi connectivity index (χ0n) is 8.44. The standard InChI is InChI=1S/C13H9FN2/c14-11-5-1-3-9(7-11)12-6-2-4-10(8-15)13(12)16/h1-7H,16H2. The normalized spacial score (nSPS) is 9.75. The van der Waals surface area contributed by atoms with E-state index in [1.807, 2.05) is 6.07 Å². The fourth-order valence-corrected chi connectivity index (χ4v) is 1.57.